The Hall–Kier alpha value is -1.12. The fraction of sp³-hybridized carbons (Fsp3) is 0.273. The molecule has 2 nitrogen and oxygen atoms in total. The fourth-order valence-electron chi connectivity index (χ4n) is 1.00. The first-order chi connectivity index (χ1) is 6.36. The van der Waals surface area contributed by atoms with Crippen LogP contribution in [0, 0.1) is 0 Å². The zero-order valence-corrected chi connectivity index (χ0v) is 7.57. The van der Waals surface area contributed by atoms with E-state index >= 15 is 0 Å². The molecule has 2 heteroatoms. The normalized spacial score (nSPS) is 9.92. The van der Waals surface area contributed by atoms with Gasteiger partial charge in [0.2, 0.25) is 0 Å². The van der Waals surface area contributed by atoms with Crippen molar-refractivity contribution in [3.05, 3.63) is 48.0 Å². The molecule has 1 N–H and O–H groups in total. The molecule has 0 heterocycles. The topological polar surface area (TPSA) is 29.5 Å². The first kappa shape index (κ1) is 9.96. The minimum atomic E-state index is 0.0911. The van der Waals surface area contributed by atoms with Gasteiger partial charge in [0.15, 0.2) is 0 Å². The minimum Gasteiger partial charge on any atom is -0.392 e. The van der Waals surface area contributed by atoms with Crippen molar-refractivity contribution in [1.82, 2.24) is 0 Å². The second kappa shape index (κ2) is 5.51. The predicted octanol–water partition coefficient (Wildman–Crippen LogP) is 1.88. The first-order valence-electron chi connectivity index (χ1n) is 4.24. The van der Waals surface area contributed by atoms with Gasteiger partial charge in [-0.25, -0.2) is 0 Å². The van der Waals surface area contributed by atoms with Crippen LogP contribution in [0.1, 0.15) is 11.1 Å². The fourth-order valence-corrected chi connectivity index (χ4v) is 1.00. The molecule has 0 fully saturated rings. The molecule has 70 valence electrons. The number of hydrogen-bond acceptors (Lipinski definition) is 2. The third-order valence-corrected chi connectivity index (χ3v) is 1.71. The van der Waals surface area contributed by atoms with Gasteiger partial charge in [0.25, 0.3) is 0 Å². The van der Waals surface area contributed by atoms with Crippen LogP contribution in [-0.4, -0.2) is 11.7 Å². The molecular weight excluding hydrogens is 164 g/mol. The van der Waals surface area contributed by atoms with E-state index in [0.29, 0.717) is 13.2 Å². The number of ether oxygens (including phenoxy) is 1. The summed E-state index contributed by atoms with van der Waals surface area (Å²) < 4.78 is 5.26. The molecule has 0 aliphatic rings. The predicted molar refractivity (Wildman–Crippen MR) is 52.2 cm³/mol. The summed E-state index contributed by atoms with van der Waals surface area (Å²) in [4.78, 5) is 0. The van der Waals surface area contributed by atoms with Gasteiger partial charge < -0.3 is 9.84 Å². The highest BCUT2D eigenvalue weighted by Crippen LogP contribution is 2.05. The number of benzene rings is 1. The molecule has 0 atom stereocenters. The Morgan fingerprint density at radius 3 is 2.38 bits per heavy atom. The van der Waals surface area contributed by atoms with Gasteiger partial charge >= 0.3 is 0 Å². The molecule has 1 aromatic carbocycles. The third-order valence-electron chi connectivity index (χ3n) is 1.71. The van der Waals surface area contributed by atoms with Crippen LogP contribution in [-0.2, 0) is 18.0 Å². The van der Waals surface area contributed by atoms with E-state index in [1.807, 2.05) is 24.3 Å². The SMILES string of the molecule is C=CCOCc1ccc(CO)cc1. The first-order valence-corrected chi connectivity index (χ1v) is 4.24. The molecule has 0 aliphatic heterocycles. The van der Waals surface area contributed by atoms with E-state index in [1.165, 1.54) is 0 Å². The van der Waals surface area contributed by atoms with Gasteiger partial charge in [-0.3, -0.25) is 0 Å². The van der Waals surface area contributed by atoms with Crippen molar-refractivity contribution in [3.63, 3.8) is 0 Å². The molecule has 0 spiro atoms. The van der Waals surface area contributed by atoms with Crippen molar-refractivity contribution >= 4 is 0 Å². The smallest absolute Gasteiger partial charge is 0.0721 e. The highest BCUT2D eigenvalue weighted by molar-refractivity contribution is 5.21. The van der Waals surface area contributed by atoms with Crippen LogP contribution in [0.4, 0.5) is 0 Å². The molecule has 0 saturated carbocycles. The quantitative estimate of drug-likeness (QED) is 0.551. The third kappa shape index (κ3) is 3.40. The summed E-state index contributed by atoms with van der Waals surface area (Å²) in [7, 11) is 0. The van der Waals surface area contributed by atoms with E-state index in [9.17, 15) is 0 Å². The van der Waals surface area contributed by atoms with Crippen LogP contribution in [0.15, 0.2) is 36.9 Å². The molecular formula is C11H14O2. The van der Waals surface area contributed by atoms with E-state index in [1.54, 1.807) is 6.08 Å². The summed E-state index contributed by atoms with van der Waals surface area (Å²) in [6, 6.07) is 7.70. The molecule has 0 unspecified atom stereocenters. The highest BCUT2D eigenvalue weighted by atomic mass is 16.5. The number of aliphatic hydroxyl groups excluding tert-OH is 1. The maximum atomic E-state index is 8.80. The molecule has 0 saturated heterocycles. The van der Waals surface area contributed by atoms with Gasteiger partial charge in [-0.05, 0) is 11.1 Å². The standard InChI is InChI=1S/C11H14O2/c1-2-7-13-9-11-5-3-10(8-12)4-6-11/h2-6,12H,1,7-9H2. The van der Waals surface area contributed by atoms with Gasteiger partial charge in [0, 0.05) is 0 Å². The van der Waals surface area contributed by atoms with E-state index in [0.717, 1.165) is 11.1 Å². The minimum absolute atomic E-state index is 0.0911. The lowest BCUT2D eigenvalue weighted by Gasteiger charge is -2.02. The summed E-state index contributed by atoms with van der Waals surface area (Å²) in [6.45, 7) is 4.82. The average molecular weight is 178 g/mol. The Labute approximate surface area is 78.5 Å². The number of aliphatic hydroxyl groups is 1. The molecule has 0 amide bonds. The van der Waals surface area contributed by atoms with Crippen molar-refractivity contribution in [3.8, 4) is 0 Å². The largest absolute Gasteiger partial charge is 0.392 e. The highest BCUT2D eigenvalue weighted by Gasteiger charge is 1.92. The van der Waals surface area contributed by atoms with Crippen LogP contribution in [0.25, 0.3) is 0 Å². The van der Waals surface area contributed by atoms with E-state index in [-0.39, 0.29) is 6.61 Å². The Balaban J connectivity index is 2.44. The maximum absolute atomic E-state index is 8.80. The van der Waals surface area contributed by atoms with Gasteiger partial charge in [-0.15, -0.1) is 6.58 Å². The molecule has 0 radical (unpaired) electrons. The van der Waals surface area contributed by atoms with Crippen molar-refractivity contribution in [2.45, 2.75) is 13.2 Å². The number of hydrogen-bond donors (Lipinski definition) is 1. The van der Waals surface area contributed by atoms with Gasteiger partial charge in [0.05, 0.1) is 19.8 Å². The summed E-state index contributed by atoms with van der Waals surface area (Å²) in [5.41, 5.74) is 2.03. The van der Waals surface area contributed by atoms with Crippen LogP contribution in [0.2, 0.25) is 0 Å². The van der Waals surface area contributed by atoms with Crippen molar-refractivity contribution in [2.24, 2.45) is 0 Å². The van der Waals surface area contributed by atoms with Crippen molar-refractivity contribution in [2.75, 3.05) is 6.61 Å². The lowest BCUT2D eigenvalue weighted by Crippen LogP contribution is -1.92. The van der Waals surface area contributed by atoms with Crippen molar-refractivity contribution in [1.29, 1.82) is 0 Å². The zero-order chi connectivity index (χ0) is 9.52. The second-order valence-electron chi connectivity index (χ2n) is 2.78. The lowest BCUT2D eigenvalue weighted by molar-refractivity contribution is 0.149. The van der Waals surface area contributed by atoms with E-state index in [4.69, 9.17) is 9.84 Å². The summed E-state index contributed by atoms with van der Waals surface area (Å²) in [6.07, 6.45) is 1.72. The van der Waals surface area contributed by atoms with E-state index < -0.39 is 0 Å². The molecule has 1 aromatic rings. The van der Waals surface area contributed by atoms with Crippen LogP contribution in [0.3, 0.4) is 0 Å². The van der Waals surface area contributed by atoms with Gasteiger partial charge in [-0.2, -0.15) is 0 Å². The molecule has 13 heavy (non-hydrogen) atoms. The molecule has 1 rings (SSSR count). The van der Waals surface area contributed by atoms with Crippen LogP contribution >= 0.6 is 0 Å². The maximum Gasteiger partial charge on any atom is 0.0721 e. The second-order valence-corrected chi connectivity index (χ2v) is 2.78. The van der Waals surface area contributed by atoms with Crippen molar-refractivity contribution < 1.29 is 9.84 Å². The monoisotopic (exact) mass is 178 g/mol. The summed E-state index contributed by atoms with van der Waals surface area (Å²) in [5.74, 6) is 0. The lowest BCUT2D eigenvalue weighted by atomic mass is 10.1. The Morgan fingerprint density at radius 1 is 1.23 bits per heavy atom. The molecule has 0 aromatic heterocycles. The number of rotatable bonds is 5. The molecule has 0 bridgehead atoms. The van der Waals surface area contributed by atoms with Crippen LogP contribution < -0.4 is 0 Å². The zero-order valence-electron chi connectivity index (χ0n) is 7.57. The van der Waals surface area contributed by atoms with Gasteiger partial charge in [-0.1, -0.05) is 30.3 Å². The molecule has 0 aliphatic carbocycles. The Morgan fingerprint density at radius 2 is 1.85 bits per heavy atom. The van der Waals surface area contributed by atoms with E-state index in [2.05, 4.69) is 6.58 Å². The summed E-state index contributed by atoms with van der Waals surface area (Å²) in [5, 5.41) is 8.80. The average Bonchev–Trinajstić information content (AvgIpc) is 2.19. The Bertz CT molecular complexity index is 251. The Kier molecular flexibility index (Phi) is 4.23. The van der Waals surface area contributed by atoms with Gasteiger partial charge in [0.1, 0.15) is 0 Å². The summed E-state index contributed by atoms with van der Waals surface area (Å²) >= 11 is 0. The van der Waals surface area contributed by atoms with Crippen LogP contribution in [0.5, 0.6) is 0 Å².